The summed E-state index contributed by atoms with van der Waals surface area (Å²) >= 11 is 0. The van der Waals surface area contributed by atoms with Crippen LogP contribution >= 0.6 is 0 Å². The Bertz CT molecular complexity index is 120. The molecular formula is C2H3N3O3. The van der Waals surface area contributed by atoms with Gasteiger partial charge in [0.2, 0.25) is 6.41 Å². The van der Waals surface area contributed by atoms with Crippen molar-refractivity contribution in [3.63, 3.8) is 0 Å². The van der Waals surface area contributed by atoms with Gasteiger partial charge >= 0.3 is 6.09 Å². The summed E-state index contributed by atoms with van der Waals surface area (Å²) in [5.41, 5.74) is 1.68. The van der Waals surface area contributed by atoms with Crippen LogP contribution in [-0.2, 0) is 4.79 Å². The van der Waals surface area contributed by atoms with Crippen LogP contribution in [0, 0.1) is 0 Å². The largest absolute Gasteiger partial charge is 0.462 e. The maximum atomic E-state index is 9.46. The maximum Gasteiger partial charge on any atom is 0.451 e. The Balaban J connectivity index is 3.34. The van der Waals surface area contributed by atoms with Gasteiger partial charge in [-0.05, 0) is 0 Å². The molecule has 0 atom stereocenters. The fourth-order valence-corrected chi connectivity index (χ4v) is 0.0952. The lowest BCUT2D eigenvalue weighted by Crippen LogP contribution is -1.99. The Morgan fingerprint density at radius 3 is 2.75 bits per heavy atom. The van der Waals surface area contributed by atoms with Gasteiger partial charge < -0.3 is 5.11 Å². The average molecular weight is 117 g/mol. The molecule has 0 saturated carbocycles. The summed E-state index contributed by atoms with van der Waals surface area (Å²) in [6, 6.07) is 0. The Labute approximate surface area is 44.2 Å². The smallest absolute Gasteiger partial charge is 0.451 e. The molecule has 0 unspecified atom stereocenters. The molecule has 2 amide bonds. The molecule has 0 saturated heterocycles. The summed E-state index contributed by atoms with van der Waals surface area (Å²) in [6.07, 6.45) is -1.23. The number of carbonyl (C=O) groups is 2. The van der Waals surface area contributed by atoms with Crippen LogP contribution in [0.5, 0.6) is 0 Å². The lowest BCUT2D eigenvalue weighted by molar-refractivity contribution is -0.109. The topological polar surface area (TPSA) is 91.1 Å². The number of nitrogens with zero attached hydrogens (tertiary/aromatic N) is 2. The first kappa shape index (κ1) is 6.54. The minimum absolute atomic E-state index is 0.215. The van der Waals surface area contributed by atoms with E-state index in [9.17, 15) is 9.59 Å². The molecule has 0 aromatic carbocycles. The van der Waals surface area contributed by atoms with Gasteiger partial charge in [-0.2, -0.15) is 0 Å². The molecule has 0 aromatic rings. The molecule has 0 spiro atoms. The van der Waals surface area contributed by atoms with Crippen molar-refractivity contribution in [3.05, 3.63) is 0 Å². The van der Waals surface area contributed by atoms with Crippen molar-refractivity contribution < 1.29 is 14.7 Å². The van der Waals surface area contributed by atoms with E-state index < -0.39 is 6.09 Å². The van der Waals surface area contributed by atoms with Gasteiger partial charge in [-0.1, -0.05) is 10.3 Å². The fourth-order valence-electron chi connectivity index (χ4n) is 0.0952. The van der Waals surface area contributed by atoms with Crippen molar-refractivity contribution in [1.29, 1.82) is 0 Å². The zero-order valence-electron chi connectivity index (χ0n) is 3.74. The number of carboxylic acid groups (broad SMARTS) is 1. The van der Waals surface area contributed by atoms with Crippen LogP contribution in [0.4, 0.5) is 4.79 Å². The standard InChI is InChI=1S/C2H3N3O3/c6-1-3-5-4-2(7)8/h1H,(H,7,8)(H,3,4,6). The van der Waals surface area contributed by atoms with Crippen LogP contribution in [0.15, 0.2) is 10.3 Å². The Kier molecular flexibility index (Phi) is 3.04. The number of rotatable bonds is 2. The molecule has 0 radical (unpaired) electrons. The predicted octanol–water partition coefficient (Wildman–Crippen LogP) is -0.222. The monoisotopic (exact) mass is 117 g/mol. The molecule has 0 aliphatic heterocycles. The van der Waals surface area contributed by atoms with Gasteiger partial charge in [-0.25, -0.2) is 10.2 Å². The van der Waals surface area contributed by atoms with Crippen molar-refractivity contribution >= 4 is 12.5 Å². The maximum absolute atomic E-state index is 9.46. The fraction of sp³-hybridized carbons (Fsp3) is 0. The molecule has 0 rings (SSSR count). The summed E-state index contributed by atoms with van der Waals surface area (Å²) in [7, 11) is 0. The molecule has 0 heterocycles. The summed E-state index contributed by atoms with van der Waals surface area (Å²) in [4.78, 5) is 18.8. The second-order valence-corrected chi connectivity index (χ2v) is 0.730. The van der Waals surface area contributed by atoms with Crippen molar-refractivity contribution in [2.24, 2.45) is 10.3 Å². The van der Waals surface area contributed by atoms with Crippen molar-refractivity contribution in [3.8, 4) is 0 Å². The van der Waals surface area contributed by atoms with E-state index in [2.05, 4.69) is 10.3 Å². The molecular weight excluding hydrogens is 114 g/mol. The second-order valence-electron chi connectivity index (χ2n) is 0.730. The molecule has 0 fully saturated rings. The minimum atomic E-state index is -1.45. The van der Waals surface area contributed by atoms with E-state index >= 15 is 0 Å². The Morgan fingerprint density at radius 2 is 2.38 bits per heavy atom. The first-order valence-electron chi connectivity index (χ1n) is 1.60. The van der Waals surface area contributed by atoms with Crippen LogP contribution in [0.3, 0.4) is 0 Å². The van der Waals surface area contributed by atoms with Gasteiger partial charge in [0.15, 0.2) is 0 Å². The van der Waals surface area contributed by atoms with Gasteiger partial charge in [-0.15, -0.1) is 0 Å². The molecule has 0 aliphatic rings. The Hall–Kier alpha value is -1.46. The molecule has 44 valence electrons. The van der Waals surface area contributed by atoms with E-state index in [0.717, 1.165) is 0 Å². The highest BCUT2D eigenvalue weighted by Crippen LogP contribution is 1.68. The Morgan fingerprint density at radius 1 is 1.75 bits per heavy atom. The quantitative estimate of drug-likeness (QED) is 0.297. The third-order valence-corrected chi connectivity index (χ3v) is 0.246. The lowest BCUT2D eigenvalue weighted by Gasteiger charge is -1.76. The van der Waals surface area contributed by atoms with E-state index in [4.69, 9.17) is 5.11 Å². The van der Waals surface area contributed by atoms with Gasteiger partial charge in [-0.3, -0.25) is 4.79 Å². The van der Waals surface area contributed by atoms with Crippen molar-refractivity contribution in [1.82, 2.24) is 5.43 Å². The average Bonchev–Trinajstić information content (AvgIpc) is 1.66. The van der Waals surface area contributed by atoms with Gasteiger partial charge in [0.05, 0.1) is 0 Å². The second kappa shape index (κ2) is 3.72. The highest BCUT2D eigenvalue weighted by Gasteiger charge is 1.83. The number of carbonyl (C=O) groups excluding carboxylic acids is 1. The number of nitrogens with one attached hydrogen (secondary N) is 1. The first-order valence-corrected chi connectivity index (χ1v) is 1.60. The SMILES string of the molecule is O=CNN=NC(=O)O. The van der Waals surface area contributed by atoms with Crippen molar-refractivity contribution in [2.45, 2.75) is 0 Å². The molecule has 8 heavy (non-hydrogen) atoms. The van der Waals surface area contributed by atoms with Crippen LogP contribution < -0.4 is 5.43 Å². The van der Waals surface area contributed by atoms with E-state index in [0.29, 0.717) is 0 Å². The highest BCUT2D eigenvalue weighted by atomic mass is 16.4. The van der Waals surface area contributed by atoms with Gasteiger partial charge in [0.25, 0.3) is 0 Å². The minimum Gasteiger partial charge on any atom is -0.462 e. The van der Waals surface area contributed by atoms with Crippen LogP contribution in [0.25, 0.3) is 0 Å². The summed E-state index contributed by atoms with van der Waals surface area (Å²) in [5.74, 6) is 0. The zero-order valence-corrected chi connectivity index (χ0v) is 3.74. The summed E-state index contributed by atoms with van der Waals surface area (Å²) < 4.78 is 0. The molecule has 2 N–H and O–H groups in total. The summed E-state index contributed by atoms with van der Waals surface area (Å²) in [6.45, 7) is 0. The first-order chi connectivity index (χ1) is 3.77. The van der Waals surface area contributed by atoms with E-state index in [-0.39, 0.29) is 6.41 Å². The molecule has 0 aromatic heterocycles. The van der Waals surface area contributed by atoms with Crippen LogP contribution in [0.2, 0.25) is 0 Å². The molecule has 6 heteroatoms. The van der Waals surface area contributed by atoms with Crippen molar-refractivity contribution in [2.75, 3.05) is 0 Å². The van der Waals surface area contributed by atoms with Crippen LogP contribution in [0.1, 0.15) is 0 Å². The van der Waals surface area contributed by atoms with Gasteiger partial charge in [0, 0.05) is 0 Å². The van der Waals surface area contributed by atoms with E-state index in [1.54, 1.807) is 5.43 Å². The predicted molar refractivity (Wildman–Crippen MR) is 22.1 cm³/mol. The molecule has 0 aliphatic carbocycles. The van der Waals surface area contributed by atoms with Crippen LogP contribution in [-0.4, -0.2) is 17.6 Å². The number of hydrogen-bond acceptors (Lipinski definition) is 3. The summed E-state index contributed by atoms with van der Waals surface area (Å²) in [5, 5.41) is 12.9. The van der Waals surface area contributed by atoms with E-state index in [1.165, 1.54) is 0 Å². The molecule has 6 nitrogen and oxygen atoms in total. The number of amides is 2. The van der Waals surface area contributed by atoms with E-state index in [1.807, 2.05) is 0 Å². The molecule has 0 bridgehead atoms. The normalized spacial score (nSPS) is 9.00. The number of hydrogen-bond donors (Lipinski definition) is 2. The lowest BCUT2D eigenvalue weighted by atomic mass is 11.3. The highest BCUT2D eigenvalue weighted by molar-refractivity contribution is 5.64. The van der Waals surface area contributed by atoms with Gasteiger partial charge in [0.1, 0.15) is 0 Å². The third-order valence-electron chi connectivity index (χ3n) is 0.246. The third kappa shape index (κ3) is 4.54. The zero-order chi connectivity index (χ0) is 6.41.